The highest BCUT2D eigenvalue weighted by atomic mass is 16.5. The van der Waals surface area contributed by atoms with E-state index in [1.54, 1.807) is 7.11 Å². The maximum atomic E-state index is 6.40. The molecule has 0 spiro atoms. The van der Waals surface area contributed by atoms with Gasteiger partial charge >= 0.3 is 0 Å². The molecular formula is C14H23NO. The van der Waals surface area contributed by atoms with Gasteiger partial charge in [-0.15, -0.1) is 0 Å². The van der Waals surface area contributed by atoms with Crippen LogP contribution in [0.4, 0.5) is 0 Å². The number of nitrogens with two attached hydrogens (primary N) is 1. The first kappa shape index (κ1) is 13.0. The largest absolute Gasteiger partial charge is 0.496 e. The summed E-state index contributed by atoms with van der Waals surface area (Å²) < 4.78 is 5.44. The molecule has 2 heteroatoms. The molecule has 0 heterocycles. The van der Waals surface area contributed by atoms with Crippen LogP contribution in [0.25, 0.3) is 0 Å². The monoisotopic (exact) mass is 221 g/mol. The minimum Gasteiger partial charge on any atom is -0.496 e. The Kier molecular flexibility index (Phi) is 3.64. The van der Waals surface area contributed by atoms with E-state index in [-0.39, 0.29) is 5.54 Å². The van der Waals surface area contributed by atoms with E-state index in [4.69, 9.17) is 10.5 Å². The molecule has 16 heavy (non-hydrogen) atoms. The van der Waals surface area contributed by atoms with Crippen LogP contribution < -0.4 is 10.5 Å². The second kappa shape index (κ2) is 4.46. The molecule has 0 saturated heterocycles. The average molecular weight is 221 g/mol. The Morgan fingerprint density at radius 3 is 2.12 bits per heavy atom. The summed E-state index contributed by atoms with van der Waals surface area (Å²) in [6.45, 7) is 10.5. The Bertz CT molecular complexity index is 381. The fourth-order valence-corrected chi connectivity index (χ4v) is 1.69. The van der Waals surface area contributed by atoms with Crippen LogP contribution in [0, 0.1) is 19.8 Å². The minimum absolute atomic E-state index is 0.357. The van der Waals surface area contributed by atoms with Crippen LogP contribution in [-0.2, 0) is 5.54 Å². The van der Waals surface area contributed by atoms with Crippen molar-refractivity contribution < 1.29 is 4.74 Å². The summed E-state index contributed by atoms with van der Waals surface area (Å²) in [6.07, 6.45) is 0. The van der Waals surface area contributed by atoms with Crippen LogP contribution in [0.5, 0.6) is 5.75 Å². The number of ether oxygens (including phenoxy) is 1. The second-order valence-electron chi connectivity index (χ2n) is 5.07. The van der Waals surface area contributed by atoms with Gasteiger partial charge in [-0.3, -0.25) is 0 Å². The zero-order valence-corrected chi connectivity index (χ0v) is 11.2. The molecule has 1 unspecified atom stereocenters. The third-order valence-corrected chi connectivity index (χ3v) is 3.60. The molecule has 0 aliphatic rings. The summed E-state index contributed by atoms with van der Waals surface area (Å²) in [5, 5.41) is 0. The number of benzene rings is 1. The van der Waals surface area contributed by atoms with Gasteiger partial charge in [0.15, 0.2) is 0 Å². The Morgan fingerprint density at radius 1 is 1.19 bits per heavy atom. The van der Waals surface area contributed by atoms with E-state index in [1.165, 1.54) is 11.1 Å². The molecule has 1 aromatic rings. The van der Waals surface area contributed by atoms with Crippen LogP contribution in [0.1, 0.15) is 37.5 Å². The summed E-state index contributed by atoms with van der Waals surface area (Å²) in [6, 6.07) is 4.21. The van der Waals surface area contributed by atoms with Crippen molar-refractivity contribution in [3.8, 4) is 5.75 Å². The van der Waals surface area contributed by atoms with Crippen LogP contribution in [0.3, 0.4) is 0 Å². The highest BCUT2D eigenvalue weighted by Gasteiger charge is 2.29. The van der Waals surface area contributed by atoms with Crippen molar-refractivity contribution in [3.05, 3.63) is 28.8 Å². The summed E-state index contributed by atoms with van der Waals surface area (Å²) in [5.41, 5.74) is 9.62. The lowest BCUT2D eigenvalue weighted by molar-refractivity contribution is 0.326. The zero-order valence-electron chi connectivity index (χ0n) is 11.2. The van der Waals surface area contributed by atoms with E-state index in [9.17, 15) is 0 Å². The summed E-state index contributed by atoms with van der Waals surface area (Å²) >= 11 is 0. The molecule has 0 radical (unpaired) electrons. The maximum absolute atomic E-state index is 6.40. The van der Waals surface area contributed by atoms with Gasteiger partial charge < -0.3 is 10.5 Å². The number of methoxy groups -OCH3 is 1. The Balaban J connectivity index is 3.37. The van der Waals surface area contributed by atoms with Gasteiger partial charge in [-0.1, -0.05) is 19.9 Å². The van der Waals surface area contributed by atoms with Crippen molar-refractivity contribution in [2.75, 3.05) is 7.11 Å². The van der Waals surface area contributed by atoms with Gasteiger partial charge in [-0.05, 0) is 43.9 Å². The van der Waals surface area contributed by atoms with Crippen molar-refractivity contribution in [1.29, 1.82) is 0 Å². The average Bonchev–Trinajstić information content (AvgIpc) is 2.20. The van der Waals surface area contributed by atoms with Gasteiger partial charge in [0.25, 0.3) is 0 Å². The van der Waals surface area contributed by atoms with Gasteiger partial charge in [0.2, 0.25) is 0 Å². The molecule has 0 fully saturated rings. The predicted molar refractivity (Wildman–Crippen MR) is 68.8 cm³/mol. The highest BCUT2D eigenvalue weighted by molar-refractivity contribution is 5.45. The molecule has 1 atom stereocenters. The summed E-state index contributed by atoms with van der Waals surface area (Å²) in [5.74, 6) is 1.25. The van der Waals surface area contributed by atoms with Crippen molar-refractivity contribution in [2.24, 2.45) is 11.7 Å². The van der Waals surface area contributed by atoms with Gasteiger partial charge in [-0.2, -0.15) is 0 Å². The molecule has 0 bridgehead atoms. The Labute approximate surface area is 98.8 Å². The molecule has 0 saturated carbocycles. The molecule has 1 rings (SSSR count). The fourth-order valence-electron chi connectivity index (χ4n) is 1.69. The molecule has 2 nitrogen and oxygen atoms in total. The SMILES string of the molecule is COc1cc(C)c(C)cc1C(C)(N)C(C)C. The third-order valence-electron chi connectivity index (χ3n) is 3.60. The molecule has 90 valence electrons. The lowest BCUT2D eigenvalue weighted by Gasteiger charge is -2.31. The first-order chi connectivity index (χ1) is 7.30. The first-order valence-electron chi connectivity index (χ1n) is 5.75. The first-order valence-corrected chi connectivity index (χ1v) is 5.75. The van der Waals surface area contributed by atoms with E-state index in [1.807, 2.05) is 0 Å². The maximum Gasteiger partial charge on any atom is 0.124 e. The number of aryl methyl sites for hydroxylation is 2. The van der Waals surface area contributed by atoms with E-state index in [0.717, 1.165) is 11.3 Å². The quantitative estimate of drug-likeness (QED) is 0.851. The van der Waals surface area contributed by atoms with E-state index < -0.39 is 0 Å². The van der Waals surface area contributed by atoms with Crippen LogP contribution in [0.15, 0.2) is 12.1 Å². The van der Waals surface area contributed by atoms with Gasteiger partial charge in [0.05, 0.1) is 7.11 Å². The van der Waals surface area contributed by atoms with Gasteiger partial charge in [0.1, 0.15) is 5.75 Å². The number of hydrogen-bond acceptors (Lipinski definition) is 2. The van der Waals surface area contributed by atoms with Crippen molar-refractivity contribution >= 4 is 0 Å². The molecular weight excluding hydrogens is 198 g/mol. The summed E-state index contributed by atoms with van der Waals surface area (Å²) in [4.78, 5) is 0. The third kappa shape index (κ3) is 2.22. The van der Waals surface area contributed by atoms with Gasteiger partial charge in [0, 0.05) is 11.1 Å². The smallest absolute Gasteiger partial charge is 0.124 e. The van der Waals surface area contributed by atoms with Crippen molar-refractivity contribution in [1.82, 2.24) is 0 Å². The lowest BCUT2D eigenvalue weighted by Crippen LogP contribution is -2.39. The van der Waals surface area contributed by atoms with Crippen LogP contribution in [0.2, 0.25) is 0 Å². The number of hydrogen-bond donors (Lipinski definition) is 1. The zero-order chi connectivity index (χ0) is 12.5. The predicted octanol–water partition coefficient (Wildman–Crippen LogP) is 3.14. The van der Waals surface area contributed by atoms with E-state index >= 15 is 0 Å². The molecule has 0 aliphatic carbocycles. The second-order valence-corrected chi connectivity index (χ2v) is 5.07. The van der Waals surface area contributed by atoms with Gasteiger partial charge in [-0.25, -0.2) is 0 Å². The molecule has 0 aromatic heterocycles. The minimum atomic E-state index is -0.357. The van der Waals surface area contributed by atoms with Crippen molar-refractivity contribution in [3.63, 3.8) is 0 Å². The fraction of sp³-hybridized carbons (Fsp3) is 0.571. The normalized spacial score (nSPS) is 15.0. The summed E-state index contributed by atoms with van der Waals surface area (Å²) in [7, 11) is 1.70. The molecule has 0 amide bonds. The van der Waals surface area contributed by atoms with Crippen LogP contribution in [-0.4, -0.2) is 7.11 Å². The Hall–Kier alpha value is -1.02. The standard InChI is InChI=1S/C14H23NO/c1-9(2)14(5,15)12-7-10(3)11(4)8-13(12)16-6/h7-9H,15H2,1-6H3. The van der Waals surface area contributed by atoms with E-state index in [0.29, 0.717) is 5.92 Å². The topological polar surface area (TPSA) is 35.2 Å². The number of rotatable bonds is 3. The molecule has 0 aliphatic heterocycles. The molecule has 2 N–H and O–H groups in total. The van der Waals surface area contributed by atoms with Crippen LogP contribution >= 0.6 is 0 Å². The van der Waals surface area contributed by atoms with E-state index in [2.05, 4.69) is 46.8 Å². The Morgan fingerprint density at radius 2 is 1.69 bits per heavy atom. The van der Waals surface area contributed by atoms with Crippen molar-refractivity contribution in [2.45, 2.75) is 40.2 Å². The lowest BCUT2D eigenvalue weighted by atomic mass is 9.81. The molecule has 1 aromatic carbocycles. The highest BCUT2D eigenvalue weighted by Crippen LogP contribution is 2.35.